The molecule has 0 bridgehead atoms. The Bertz CT molecular complexity index is 301. The number of nitrogens with two attached hydrogens (primary N) is 1. The second kappa shape index (κ2) is 3.71. The number of aromatic nitrogens is 2. The Morgan fingerprint density at radius 1 is 1.64 bits per heavy atom. The minimum Gasteiger partial charge on any atom is -0.325 e. The van der Waals surface area contributed by atoms with Gasteiger partial charge in [0.25, 0.3) is 0 Å². The third-order valence-electron chi connectivity index (χ3n) is 2.95. The lowest BCUT2D eigenvalue weighted by Crippen LogP contribution is -2.56. The lowest BCUT2D eigenvalue weighted by atomic mass is 10.0. The summed E-state index contributed by atoms with van der Waals surface area (Å²) in [5.74, 6) is 0. The summed E-state index contributed by atoms with van der Waals surface area (Å²) in [6.07, 6.45) is 4.08. The van der Waals surface area contributed by atoms with Gasteiger partial charge in [-0.15, -0.1) is 0 Å². The van der Waals surface area contributed by atoms with Crippen LogP contribution in [0.15, 0.2) is 12.4 Å². The van der Waals surface area contributed by atoms with Crippen molar-refractivity contribution in [2.45, 2.75) is 32.5 Å². The van der Waals surface area contributed by atoms with Gasteiger partial charge in [0.2, 0.25) is 0 Å². The molecule has 2 rings (SSSR count). The number of aryl methyl sites for hydroxylation is 1. The lowest BCUT2D eigenvalue weighted by molar-refractivity contribution is 0.103. The molecule has 0 saturated carbocycles. The first-order valence-electron chi connectivity index (χ1n) is 5.22. The minimum absolute atomic E-state index is 0.374. The van der Waals surface area contributed by atoms with E-state index in [2.05, 4.69) is 30.0 Å². The number of hydrogen-bond donors (Lipinski definition) is 1. The van der Waals surface area contributed by atoms with E-state index in [1.807, 2.05) is 10.9 Å². The standard InChI is InChI=1S/C10H18N4/c1-3-14-5-9(4-12-14)8(2)13-6-10(11)7-13/h4-5,8,10H,3,6-7,11H2,1-2H3. The molecule has 0 amide bonds. The third-order valence-corrected chi connectivity index (χ3v) is 2.95. The van der Waals surface area contributed by atoms with Gasteiger partial charge in [0, 0.05) is 43.5 Å². The van der Waals surface area contributed by atoms with Crippen molar-refractivity contribution in [1.82, 2.24) is 14.7 Å². The van der Waals surface area contributed by atoms with E-state index in [1.165, 1.54) is 5.56 Å². The molecule has 0 aromatic carbocycles. The Morgan fingerprint density at radius 2 is 2.36 bits per heavy atom. The fourth-order valence-electron chi connectivity index (χ4n) is 1.84. The molecule has 78 valence electrons. The van der Waals surface area contributed by atoms with Gasteiger partial charge in [0.05, 0.1) is 6.20 Å². The molecule has 1 aromatic heterocycles. The number of hydrogen-bond acceptors (Lipinski definition) is 3. The molecular weight excluding hydrogens is 176 g/mol. The van der Waals surface area contributed by atoms with Crippen molar-refractivity contribution in [3.05, 3.63) is 18.0 Å². The zero-order valence-electron chi connectivity index (χ0n) is 8.85. The SMILES string of the molecule is CCn1cc(C(C)N2CC(N)C2)cn1. The number of likely N-dealkylation sites (tertiary alicyclic amines) is 1. The summed E-state index contributed by atoms with van der Waals surface area (Å²) in [7, 11) is 0. The predicted octanol–water partition coefficient (Wildman–Crippen LogP) is 0.607. The largest absolute Gasteiger partial charge is 0.325 e. The van der Waals surface area contributed by atoms with E-state index in [0.29, 0.717) is 12.1 Å². The molecule has 1 atom stereocenters. The van der Waals surface area contributed by atoms with E-state index in [-0.39, 0.29) is 0 Å². The fraction of sp³-hybridized carbons (Fsp3) is 0.700. The van der Waals surface area contributed by atoms with Crippen LogP contribution in [-0.4, -0.2) is 33.8 Å². The van der Waals surface area contributed by atoms with Crippen molar-refractivity contribution in [3.63, 3.8) is 0 Å². The second-order valence-corrected chi connectivity index (χ2v) is 4.02. The van der Waals surface area contributed by atoms with Gasteiger partial charge in [-0.05, 0) is 13.8 Å². The van der Waals surface area contributed by atoms with E-state index < -0.39 is 0 Å². The molecule has 1 aliphatic heterocycles. The van der Waals surface area contributed by atoms with Gasteiger partial charge in [0.15, 0.2) is 0 Å². The normalized spacial score (nSPS) is 20.8. The molecule has 0 radical (unpaired) electrons. The van der Waals surface area contributed by atoms with E-state index >= 15 is 0 Å². The van der Waals surface area contributed by atoms with Gasteiger partial charge >= 0.3 is 0 Å². The Labute approximate surface area is 84.7 Å². The molecule has 0 spiro atoms. The maximum Gasteiger partial charge on any atom is 0.0537 e. The van der Waals surface area contributed by atoms with Crippen LogP contribution >= 0.6 is 0 Å². The van der Waals surface area contributed by atoms with E-state index in [4.69, 9.17) is 5.73 Å². The molecule has 4 nitrogen and oxygen atoms in total. The first-order chi connectivity index (χ1) is 6.70. The monoisotopic (exact) mass is 194 g/mol. The average Bonchev–Trinajstić information content (AvgIpc) is 2.60. The maximum atomic E-state index is 5.75. The van der Waals surface area contributed by atoms with E-state index in [9.17, 15) is 0 Å². The highest BCUT2D eigenvalue weighted by Crippen LogP contribution is 2.23. The van der Waals surface area contributed by atoms with Crippen molar-refractivity contribution in [2.75, 3.05) is 13.1 Å². The minimum atomic E-state index is 0.374. The summed E-state index contributed by atoms with van der Waals surface area (Å²) in [6, 6.07) is 0.828. The van der Waals surface area contributed by atoms with Crippen LogP contribution in [0, 0.1) is 0 Å². The van der Waals surface area contributed by atoms with Crippen molar-refractivity contribution in [1.29, 1.82) is 0 Å². The van der Waals surface area contributed by atoms with Gasteiger partial charge < -0.3 is 5.73 Å². The summed E-state index contributed by atoms with van der Waals surface area (Å²) >= 11 is 0. The van der Waals surface area contributed by atoms with Crippen molar-refractivity contribution < 1.29 is 0 Å². The molecule has 14 heavy (non-hydrogen) atoms. The first-order valence-corrected chi connectivity index (χ1v) is 5.22. The summed E-state index contributed by atoms with van der Waals surface area (Å²) in [6.45, 7) is 7.27. The smallest absolute Gasteiger partial charge is 0.0537 e. The summed E-state index contributed by atoms with van der Waals surface area (Å²) < 4.78 is 1.96. The Morgan fingerprint density at radius 3 is 2.86 bits per heavy atom. The van der Waals surface area contributed by atoms with Crippen LogP contribution in [-0.2, 0) is 6.54 Å². The lowest BCUT2D eigenvalue weighted by Gasteiger charge is -2.40. The van der Waals surface area contributed by atoms with Crippen molar-refractivity contribution in [3.8, 4) is 0 Å². The predicted molar refractivity (Wildman–Crippen MR) is 55.9 cm³/mol. The van der Waals surface area contributed by atoms with Crippen LogP contribution in [0.1, 0.15) is 25.5 Å². The van der Waals surface area contributed by atoms with Crippen LogP contribution in [0.2, 0.25) is 0 Å². The fourth-order valence-corrected chi connectivity index (χ4v) is 1.84. The van der Waals surface area contributed by atoms with Crippen molar-refractivity contribution >= 4 is 0 Å². The molecule has 2 N–H and O–H groups in total. The van der Waals surface area contributed by atoms with Gasteiger partial charge in [-0.25, -0.2) is 0 Å². The zero-order chi connectivity index (χ0) is 10.1. The quantitative estimate of drug-likeness (QED) is 0.766. The molecule has 1 aliphatic rings. The van der Waals surface area contributed by atoms with Crippen LogP contribution < -0.4 is 5.73 Å². The second-order valence-electron chi connectivity index (χ2n) is 4.02. The highest BCUT2D eigenvalue weighted by atomic mass is 15.3. The Balaban J connectivity index is 2.00. The summed E-state index contributed by atoms with van der Waals surface area (Å²) in [5, 5.41) is 4.27. The summed E-state index contributed by atoms with van der Waals surface area (Å²) in [4.78, 5) is 2.38. The Kier molecular flexibility index (Phi) is 2.56. The molecule has 1 fully saturated rings. The van der Waals surface area contributed by atoms with Crippen LogP contribution in [0.3, 0.4) is 0 Å². The highest BCUT2D eigenvalue weighted by molar-refractivity contribution is 5.11. The molecule has 2 heterocycles. The molecule has 1 saturated heterocycles. The number of rotatable bonds is 3. The van der Waals surface area contributed by atoms with Gasteiger partial charge in [0.1, 0.15) is 0 Å². The topological polar surface area (TPSA) is 47.1 Å². The molecule has 0 aliphatic carbocycles. The zero-order valence-corrected chi connectivity index (χ0v) is 8.85. The van der Waals surface area contributed by atoms with Crippen LogP contribution in [0.5, 0.6) is 0 Å². The van der Waals surface area contributed by atoms with Gasteiger partial charge in [-0.2, -0.15) is 5.10 Å². The third kappa shape index (κ3) is 1.67. The van der Waals surface area contributed by atoms with E-state index in [1.54, 1.807) is 0 Å². The van der Waals surface area contributed by atoms with Crippen LogP contribution in [0.4, 0.5) is 0 Å². The Hall–Kier alpha value is -0.870. The summed E-state index contributed by atoms with van der Waals surface area (Å²) in [5.41, 5.74) is 7.04. The van der Waals surface area contributed by atoms with Crippen molar-refractivity contribution in [2.24, 2.45) is 5.73 Å². The molecular formula is C10H18N4. The van der Waals surface area contributed by atoms with Gasteiger partial charge in [-0.3, -0.25) is 9.58 Å². The highest BCUT2D eigenvalue weighted by Gasteiger charge is 2.28. The number of nitrogens with zero attached hydrogens (tertiary/aromatic N) is 3. The van der Waals surface area contributed by atoms with Gasteiger partial charge in [-0.1, -0.05) is 0 Å². The van der Waals surface area contributed by atoms with E-state index in [0.717, 1.165) is 19.6 Å². The first kappa shape index (κ1) is 9.68. The average molecular weight is 194 g/mol. The van der Waals surface area contributed by atoms with Crippen LogP contribution in [0.25, 0.3) is 0 Å². The maximum absolute atomic E-state index is 5.75. The molecule has 4 heteroatoms. The molecule has 1 unspecified atom stereocenters. The molecule has 1 aromatic rings.